The fourth-order valence-corrected chi connectivity index (χ4v) is 2.76. The Hall–Kier alpha value is -0.820. The third-order valence-corrected chi connectivity index (χ3v) is 4.24. The van der Waals surface area contributed by atoms with Gasteiger partial charge in [-0.05, 0) is 43.5 Å². The number of aryl methyl sites for hydroxylation is 1. The molecule has 0 heterocycles. The monoisotopic (exact) mass is 289 g/mol. The van der Waals surface area contributed by atoms with Crippen molar-refractivity contribution in [1.29, 1.82) is 0 Å². The van der Waals surface area contributed by atoms with E-state index in [0.717, 1.165) is 13.0 Å². The molecule has 0 aliphatic heterocycles. The zero-order chi connectivity index (χ0) is 15.3. The fraction of sp³-hybridized carbons (Fsp3) is 0.700. The molecule has 1 aromatic rings. The summed E-state index contributed by atoms with van der Waals surface area (Å²) in [4.78, 5) is 2.66. The number of benzene rings is 1. The van der Waals surface area contributed by atoms with Crippen LogP contribution in [-0.4, -0.2) is 18.0 Å². The van der Waals surface area contributed by atoms with Gasteiger partial charge in [-0.3, -0.25) is 4.90 Å². The lowest BCUT2D eigenvalue weighted by atomic mass is 10.1. The highest BCUT2D eigenvalue weighted by molar-refractivity contribution is 5.22. The summed E-state index contributed by atoms with van der Waals surface area (Å²) in [6, 6.07) is 9.21. The number of hydrogen-bond acceptors (Lipinski definition) is 1. The Balaban J connectivity index is 2.44. The normalized spacial score (nSPS) is 11.2. The molecule has 0 atom stereocenters. The third kappa shape index (κ3) is 8.26. The summed E-state index contributed by atoms with van der Waals surface area (Å²) >= 11 is 0. The molecule has 0 bridgehead atoms. The number of hydrogen-bond donors (Lipinski definition) is 0. The van der Waals surface area contributed by atoms with Crippen molar-refractivity contribution in [3.05, 3.63) is 35.4 Å². The zero-order valence-corrected chi connectivity index (χ0v) is 14.5. The Bertz CT molecular complexity index is 341. The van der Waals surface area contributed by atoms with Crippen LogP contribution < -0.4 is 0 Å². The molecule has 0 saturated heterocycles. The van der Waals surface area contributed by atoms with Crippen LogP contribution in [0.2, 0.25) is 0 Å². The van der Waals surface area contributed by atoms with Gasteiger partial charge in [-0.15, -0.1) is 0 Å². The lowest BCUT2D eigenvalue weighted by Gasteiger charge is -2.22. The maximum Gasteiger partial charge on any atom is 0.0233 e. The molecule has 21 heavy (non-hydrogen) atoms. The summed E-state index contributed by atoms with van der Waals surface area (Å²) in [6.45, 7) is 10.4. The topological polar surface area (TPSA) is 3.24 Å². The minimum Gasteiger partial charge on any atom is -0.299 e. The Morgan fingerprint density at radius 1 is 0.667 bits per heavy atom. The van der Waals surface area contributed by atoms with Crippen molar-refractivity contribution >= 4 is 0 Å². The van der Waals surface area contributed by atoms with Gasteiger partial charge in [0.15, 0.2) is 0 Å². The molecule has 0 N–H and O–H groups in total. The summed E-state index contributed by atoms with van der Waals surface area (Å²) < 4.78 is 0. The van der Waals surface area contributed by atoms with Crippen LogP contribution >= 0.6 is 0 Å². The van der Waals surface area contributed by atoms with Crippen molar-refractivity contribution in [2.24, 2.45) is 0 Å². The Morgan fingerprint density at radius 3 is 1.76 bits per heavy atom. The van der Waals surface area contributed by atoms with Crippen LogP contribution in [0.15, 0.2) is 24.3 Å². The average molecular weight is 290 g/mol. The molecule has 0 fully saturated rings. The fourth-order valence-electron chi connectivity index (χ4n) is 2.76. The van der Waals surface area contributed by atoms with Crippen molar-refractivity contribution < 1.29 is 0 Å². The van der Waals surface area contributed by atoms with Crippen LogP contribution in [0.1, 0.15) is 76.8 Å². The smallest absolute Gasteiger partial charge is 0.0233 e. The van der Waals surface area contributed by atoms with E-state index in [2.05, 4.69) is 49.9 Å². The van der Waals surface area contributed by atoms with Crippen molar-refractivity contribution in [2.75, 3.05) is 13.1 Å². The first-order valence-corrected chi connectivity index (χ1v) is 9.10. The van der Waals surface area contributed by atoms with Crippen LogP contribution in [0.25, 0.3) is 0 Å². The highest BCUT2D eigenvalue weighted by Gasteiger charge is 2.06. The van der Waals surface area contributed by atoms with E-state index >= 15 is 0 Å². The van der Waals surface area contributed by atoms with Crippen molar-refractivity contribution in [2.45, 2.75) is 78.7 Å². The molecule has 1 rings (SSSR count). The maximum atomic E-state index is 2.66. The average Bonchev–Trinajstić information content (AvgIpc) is 2.52. The Kier molecular flexibility index (Phi) is 10.2. The zero-order valence-electron chi connectivity index (χ0n) is 14.5. The Morgan fingerprint density at radius 2 is 1.19 bits per heavy atom. The molecular formula is C20H35N. The van der Waals surface area contributed by atoms with Gasteiger partial charge in [-0.1, -0.05) is 77.1 Å². The summed E-state index contributed by atoms with van der Waals surface area (Å²) in [5, 5.41) is 0. The second kappa shape index (κ2) is 11.8. The summed E-state index contributed by atoms with van der Waals surface area (Å²) in [5.41, 5.74) is 2.92. The molecule has 1 aromatic carbocycles. The third-order valence-electron chi connectivity index (χ3n) is 4.24. The van der Waals surface area contributed by atoms with Crippen LogP contribution in [0.4, 0.5) is 0 Å². The first kappa shape index (κ1) is 18.2. The molecule has 120 valence electrons. The van der Waals surface area contributed by atoms with Crippen LogP contribution in [0.5, 0.6) is 0 Å². The Labute approximate surface area is 132 Å². The van der Waals surface area contributed by atoms with E-state index in [9.17, 15) is 0 Å². The van der Waals surface area contributed by atoms with Crippen LogP contribution in [0, 0.1) is 0 Å². The lowest BCUT2D eigenvalue weighted by molar-refractivity contribution is 0.253. The van der Waals surface area contributed by atoms with Gasteiger partial charge in [0.1, 0.15) is 0 Å². The molecule has 0 aliphatic rings. The van der Waals surface area contributed by atoms with Gasteiger partial charge in [0.25, 0.3) is 0 Å². The lowest BCUT2D eigenvalue weighted by Crippen LogP contribution is -2.25. The van der Waals surface area contributed by atoms with Gasteiger partial charge in [-0.25, -0.2) is 0 Å². The highest BCUT2D eigenvalue weighted by Crippen LogP contribution is 2.11. The summed E-state index contributed by atoms with van der Waals surface area (Å²) in [5.74, 6) is 0. The molecule has 0 radical (unpaired) electrons. The van der Waals surface area contributed by atoms with E-state index in [1.165, 1.54) is 69.2 Å². The standard InChI is InChI=1S/C20H35N/c1-4-7-9-11-17-21(16-10-8-5-2)18-20-14-12-19(6-3)13-15-20/h12-15H,4-11,16-18H2,1-3H3. The molecular weight excluding hydrogens is 254 g/mol. The molecule has 0 saturated carbocycles. The molecule has 0 spiro atoms. The van der Waals surface area contributed by atoms with Crippen molar-refractivity contribution in [3.8, 4) is 0 Å². The second-order valence-electron chi connectivity index (χ2n) is 6.21. The largest absolute Gasteiger partial charge is 0.299 e. The van der Waals surface area contributed by atoms with E-state index in [1.54, 1.807) is 0 Å². The number of unbranched alkanes of at least 4 members (excludes halogenated alkanes) is 5. The maximum absolute atomic E-state index is 2.66. The molecule has 1 nitrogen and oxygen atoms in total. The van der Waals surface area contributed by atoms with Gasteiger partial charge in [0.05, 0.1) is 0 Å². The predicted molar refractivity (Wildman–Crippen MR) is 94.8 cm³/mol. The molecule has 0 amide bonds. The van der Waals surface area contributed by atoms with E-state index in [0.29, 0.717) is 0 Å². The first-order valence-electron chi connectivity index (χ1n) is 9.10. The number of nitrogens with zero attached hydrogens (tertiary/aromatic N) is 1. The molecule has 0 unspecified atom stereocenters. The van der Waals surface area contributed by atoms with Gasteiger partial charge in [0, 0.05) is 6.54 Å². The van der Waals surface area contributed by atoms with Crippen LogP contribution in [0.3, 0.4) is 0 Å². The minimum absolute atomic E-state index is 1.12. The van der Waals surface area contributed by atoms with Crippen molar-refractivity contribution in [3.63, 3.8) is 0 Å². The van der Waals surface area contributed by atoms with E-state index in [4.69, 9.17) is 0 Å². The van der Waals surface area contributed by atoms with Gasteiger partial charge in [0.2, 0.25) is 0 Å². The predicted octanol–water partition coefficient (Wildman–Crippen LogP) is 5.82. The van der Waals surface area contributed by atoms with E-state index in [1.807, 2.05) is 0 Å². The minimum atomic E-state index is 1.12. The van der Waals surface area contributed by atoms with Gasteiger partial charge < -0.3 is 0 Å². The SMILES string of the molecule is CCCCCCN(CCCCC)Cc1ccc(CC)cc1. The number of rotatable bonds is 12. The van der Waals surface area contributed by atoms with E-state index in [-0.39, 0.29) is 0 Å². The van der Waals surface area contributed by atoms with Crippen molar-refractivity contribution in [1.82, 2.24) is 4.90 Å². The van der Waals surface area contributed by atoms with Gasteiger partial charge in [-0.2, -0.15) is 0 Å². The quantitative estimate of drug-likeness (QED) is 0.438. The molecule has 0 aliphatic carbocycles. The molecule has 0 aromatic heterocycles. The van der Waals surface area contributed by atoms with E-state index < -0.39 is 0 Å². The van der Waals surface area contributed by atoms with Crippen LogP contribution in [-0.2, 0) is 13.0 Å². The first-order chi connectivity index (χ1) is 10.3. The molecule has 1 heteroatoms. The summed E-state index contributed by atoms with van der Waals surface area (Å²) in [7, 11) is 0. The summed E-state index contributed by atoms with van der Waals surface area (Å²) in [6.07, 6.45) is 10.6. The van der Waals surface area contributed by atoms with Gasteiger partial charge >= 0.3 is 0 Å². The highest BCUT2D eigenvalue weighted by atomic mass is 15.1. The second-order valence-corrected chi connectivity index (χ2v) is 6.21.